The van der Waals surface area contributed by atoms with Gasteiger partial charge in [-0.1, -0.05) is 29.8 Å². The van der Waals surface area contributed by atoms with Crippen LogP contribution >= 0.6 is 11.6 Å². The second-order valence-electron chi connectivity index (χ2n) is 4.78. The van der Waals surface area contributed by atoms with Crippen LogP contribution < -0.4 is 15.4 Å². The maximum atomic E-state index is 11.8. The smallest absolute Gasteiger partial charge is 0.313 e. The van der Waals surface area contributed by atoms with E-state index in [4.69, 9.17) is 16.3 Å². The van der Waals surface area contributed by atoms with Crippen LogP contribution in [0.4, 0.5) is 5.69 Å². The Labute approximate surface area is 139 Å². The number of amides is 2. The van der Waals surface area contributed by atoms with Crippen molar-refractivity contribution in [1.82, 2.24) is 5.32 Å². The Morgan fingerprint density at radius 2 is 1.74 bits per heavy atom. The molecule has 5 nitrogen and oxygen atoms in total. The molecule has 0 aromatic heterocycles. The molecule has 0 unspecified atom stereocenters. The number of para-hydroxylation sites is 1. The van der Waals surface area contributed by atoms with Gasteiger partial charge in [-0.15, -0.1) is 0 Å². The summed E-state index contributed by atoms with van der Waals surface area (Å²) in [5, 5.41) is 5.65. The average molecular weight is 333 g/mol. The molecule has 0 fully saturated rings. The number of hydrogen-bond donors (Lipinski definition) is 2. The minimum atomic E-state index is -0.715. The van der Waals surface area contributed by atoms with Gasteiger partial charge in [-0.3, -0.25) is 9.59 Å². The Bertz CT molecular complexity index is 686. The van der Waals surface area contributed by atoms with E-state index < -0.39 is 11.8 Å². The highest BCUT2D eigenvalue weighted by atomic mass is 35.5. The van der Waals surface area contributed by atoms with Crippen LogP contribution in [0.5, 0.6) is 5.75 Å². The van der Waals surface area contributed by atoms with E-state index in [1.54, 1.807) is 31.4 Å². The van der Waals surface area contributed by atoms with Gasteiger partial charge in [-0.05, 0) is 42.3 Å². The highest BCUT2D eigenvalue weighted by molar-refractivity contribution is 6.39. The van der Waals surface area contributed by atoms with Crippen LogP contribution in [0.2, 0.25) is 5.02 Å². The van der Waals surface area contributed by atoms with E-state index in [0.717, 1.165) is 11.3 Å². The normalized spacial score (nSPS) is 10.0. The first-order valence-electron chi connectivity index (χ1n) is 7.07. The van der Waals surface area contributed by atoms with Gasteiger partial charge < -0.3 is 15.4 Å². The molecule has 0 saturated carbocycles. The average Bonchev–Trinajstić information content (AvgIpc) is 2.57. The molecule has 6 heteroatoms. The molecule has 0 radical (unpaired) electrons. The van der Waals surface area contributed by atoms with Crippen molar-refractivity contribution in [3.05, 3.63) is 59.1 Å². The first-order chi connectivity index (χ1) is 11.1. The van der Waals surface area contributed by atoms with Crippen molar-refractivity contribution in [2.75, 3.05) is 19.0 Å². The van der Waals surface area contributed by atoms with Gasteiger partial charge in [0.2, 0.25) is 0 Å². The lowest BCUT2D eigenvalue weighted by Crippen LogP contribution is -2.36. The third-order valence-corrected chi connectivity index (χ3v) is 3.43. The van der Waals surface area contributed by atoms with Crippen molar-refractivity contribution in [2.24, 2.45) is 0 Å². The van der Waals surface area contributed by atoms with Crippen LogP contribution in [0.15, 0.2) is 48.5 Å². The maximum Gasteiger partial charge on any atom is 0.313 e. The van der Waals surface area contributed by atoms with Crippen LogP contribution in [-0.4, -0.2) is 25.5 Å². The highest BCUT2D eigenvalue weighted by Gasteiger charge is 2.13. The number of benzene rings is 2. The Kier molecular flexibility index (Phi) is 6.00. The van der Waals surface area contributed by atoms with Crippen LogP contribution in [0.3, 0.4) is 0 Å². The van der Waals surface area contributed by atoms with Gasteiger partial charge in [-0.25, -0.2) is 0 Å². The summed E-state index contributed by atoms with van der Waals surface area (Å²) >= 11 is 5.76. The first kappa shape index (κ1) is 16.8. The number of hydrogen-bond acceptors (Lipinski definition) is 3. The molecule has 0 aliphatic rings. The van der Waals surface area contributed by atoms with E-state index >= 15 is 0 Å². The molecular formula is C17H17ClN2O3. The summed E-state index contributed by atoms with van der Waals surface area (Å²) in [6, 6.07) is 14.1. The molecule has 23 heavy (non-hydrogen) atoms. The number of rotatable bonds is 5. The zero-order valence-electron chi connectivity index (χ0n) is 12.6. The van der Waals surface area contributed by atoms with E-state index in [0.29, 0.717) is 23.7 Å². The van der Waals surface area contributed by atoms with Crippen molar-refractivity contribution in [1.29, 1.82) is 0 Å². The van der Waals surface area contributed by atoms with Gasteiger partial charge >= 0.3 is 11.8 Å². The van der Waals surface area contributed by atoms with Crippen molar-refractivity contribution in [3.63, 3.8) is 0 Å². The fraction of sp³-hybridized carbons (Fsp3) is 0.176. The molecule has 2 aromatic rings. The summed E-state index contributed by atoms with van der Waals surface area (Å²) in [7, 11) is 1.59. The molecule has 0 aliphatic heterocycles. The molecule has 120 valence electrons. The fourth-order valence-electron chi connectivity index (χ4n) is 2.02. The molecule has 2 N–H and O–H groups in total. The van der Waals surface area contributed by atoms with Gasteiger partial charge in [-0.2, -0.15) is 0 Å². The van der Waals surface area contributed by atoms with E-state index in [9.17, 15) is 9.59 Å². The van der Waals surface area contributed by atoms with Crippen molar-refractivity contribution in [2.45, 2.75) is 6.42 Å². The number of halogens is 1. The predicted molar refractivity (Wildman–Crippen MR) is 89.8 cm³/mol. The Balaban J connectivity index is 1.82. The summed E-state index contributed by atoms with van der Waals surface area (Å²) in [4.78, 5) is 23.6. The second-order valence-corrected chi connectivity index (χ2v) is 5.22. The first-order valence-corrected chi connectivity index (χ1v) is 7.44. The predicted octanol–water partition coefficient (Wildman–Crippen LogP) is 2.65. The van der Waals surface area contributed by atoms with Crippen molar-refractivity contribution < 1.29 is 14.3 Å². The zero-order valence-corrected chi connectivity index (χ0v) is 13.4. The summed E-state index contributed by atoms with van der Waals surface area (Å²) in [6.07, 6.45) is 0.573. The van der Waals surface area contributed by atoms with Crippen LogP contribution in [0, 0.1) is 0 Å². The third-order valence-electron chi connectivity index (χ3n) is 3.18. The number of nitrogens with one attached hydrogen (secondary N) is 2. The van der Waals surface area contributed by atoms with Crippen molar-refractivity contribution in [3.8, 4) is 5.75 Å². The quantitative estimate of drug-likeness (QED) is 0.827. The summed E-state index contributed by atoms with van der Waals surface area (Å²) in [6.45, 7) is 0.341. The largest absolute Gasteiger partial charge is 0.496 e. The summed E-state index contributed by atoms with van der Waals surface area (Å²) in [5.74, 6) is -0.644. The Hall–Kier alpha value is -2.53. The number of carbonyl (C=O) groups excluding carboxylic acids is 2. The summed E-state index contributed by atoms with van der Waals surface area (Å²) < 4.78 is 5.24. The molecule has 0 heterocycles. The number of carbonyl (C=O) groups is 2. The molecular weight excluding hydrogens is 316 g/mol. The molecule has 2 amide bonds. The molecule has 0 spiro atoms. The maximum absolute atomic E-state index is 11.8. The van der Waals surface area contributed by atoms with Gasteiger partial charge in [0.05, 0.1) is 7.11 Å². The minimum Gasteiger partial charge on any atom is -0.496 e. The highest BCUT2D eigenvalue weighted by Crippen LogP contribution is 2.17. The van der Waals surface area contributed by atoms with Gasteiger partial charge in [0.15, 0.2) is 0 Å². The molecule has 2 aromatic carbocycles. The van der Waals surface area contributed by atoms with Crippen LogP contribution in [0.1, 0.15) is 5.56 Å². The van der Waals surface area contributed by atoms with E-state index in [2.05, 4.69) is 10.6 Å². The fourth-order valence-corrected chi connectivity index (χ4v) is 2.15. The standard InChI is InChI=1S/C17H17ClN2O3/c1-23-15-5-3-2-4-12(15)10-11-19-16(21)17(22)20-14-8-6-13(18)7-9-14/h2-9H,10-11H2,1H3,(H,19,21)(H,20,22). The van der Waals surface area contributed by atoms with Crippen LogP contribution in [-0.2, 0) is 16.0 Å². The van der Waals surface area contributed by atoms with E-state index in [1.807, 2.05) is 24.3 Å². The lowest BCUT2D eigenvalue weighted by Gasteiger charge is -2.09. The minimum absolute atomic E-state index is 0.341. The molecule has 0 saturated heterocycles. The second kappa shape index (κ2) is 8.19. The zero-order chi connectivity index (χ0) is 16.7. The molecule has 2 rings (SSSR count). The lowest BCUT2D eigenvalue weighted by atomic mass is 10.1. The third kappa shape index (κ3) is 5.00. The van der Waals surface area contributed by atoms with Gasteiger partial charge in [0, 0.05) is 17.3 Å². The number of ether oxygens (including phenoxy) is 1. The SMILES string of the molecule is COc1ccccc1CCNC(=O)C(=O)Nc1ccc(Cl)cc1. The molecule has 0 bridgehead atoms. The Morgan fingerprint density at radius 3 is 2.43 bits per heavy atom. The molecule has 0 aliphatic carbocycles. The monoisotopic (exact) mass is 332 g/mol. The van der Waals surface area contributed by atoms with E-state index in [1.165, 1.54) is 0 Å². The van der Waals surface area contributed by atoms with Crippen molar-refractivity contribution >= 4 is 29.1 Å². The Morgan fingerprint density at radius 1 is 1.04 bits per heavy atom. The van der Waals surface area contributed by atoms with Crippen LogP contribution in [0.25, 0.3) is 0 Å². The topological polar surface area (TPSA) is 67.4 Å². The summed E-state index contributed by atoms with van der Waals surface area (Å²) in [5.41, 5.74) is 1.48. The lowest BCUT2D eigenvalue weighted by molar-refractivity contribution is -0.136. The molecule has 0 atom stereocenters. The van der Waals surface area contributed by atoms with Gasteiger partial charge in [0.1, 0.15) is 5.75 Å². The van der Waals surface area contributed by atoms with E-state index in [-0.39, 0.29) is 0 Å². The number of anilines is 1. The number of methoxy groups -OCH3 is 1. The van der Waals surface area contributed by atoms with Gasteiger partial charge in [0.25, 0.3) is 0 Å².